The molecule has 0 saturated carbocycles. The van der Waals surface area contributed by atoms with Crippen LogP contribution in [0.25, 0.3) is 0 Å². The van der Waals surface area contributed by atoms with Crippen molar-refractivity contribution in [3.63, 3.8) is 0 Å². The van der Waals surface area contributed by atoms with Gasteiger partial charge < -0.3 is 15.5 Å². The van der Waals surface area contributed by atoms with Crippen molar-refractivity contribution in [1.29, 1.82) is 0 Å². The smallest absolute Gasteiger partial charge is 0.318 e. The van der Waals surface area contributed by atoms with E-state index >= 15 is 0 Å². The summed E-state index contributed by atoms with van der Waals surface area (Å²) < 4.78 is 0. The van der Waals surface area contributed by atoms with Crippen LogP contribution in [0.5, 0.6) is 0 Å². The van der Waals surface area contributed by atoms with Crippen molar-refractivity contribution in [2.45, 2.75) is 32.2 Å². The molecule has 1 heterocycles. The van der Waals surface area contributed by atoms with Crippen LogP contribution in [0, 0.1) is 0 Å². The van der Waals surface area contributed by atoms with Crippen LogP contribution >= 0.6 is 0 Å². The molecular formula is C16H25N3O. The lowest BCUT2D eigenvalue weighted by molar-refractivity contribution is 0.174. The number of nitrogens with zero attached hydrogens (tertiary/aromatic N) is 1. The van der Waals surface area contributed by atoms with Gasteiger partial charge in [0.05, 0.1) is 5.54 Å². The first kappa shape index (κ1) is 14.9. The minimum atomic E-state index is -0.230. The molecule has 20 heavy (non-hydrogen) atoms. The highest BCUT2D eigenvalue weighted by atomic mass is 16.2. The lowest BCUT2D eigenvalue weighted by atomic mass is 9.81. The molecule has 0 unspecified atom stereocenters. The van der Waals surface area contributed by atoms with E-state index in [0.29, 0.717) is 0 Å². The van der Waals surface area contributed by atoms with E-state index in [0.717, 1.165) is 39.0 Å². The Morgan fingerprint density at radius 3 is 2.35 bits per heavy atom. The second-order valence-electron chi connectivity index (χ2n) is 5.30. The summed E-state index contributed by atoms with van der Waals surface area (Å²) in [5.74, 6) is 0. The lowest BCUT2D eigenvalue weighted by Crippen LogP contribution is -2.55. The topological polar surface area (TPSA) is 44.4 Å². The fourth-order valence-electron chi connectivity index (χ4n) is 2.89. The van der Waals surface area contributed by atoms with Gasteiger partial charge in [-0.2, -0.15) is 0 Å². The monoisotopic (exact) mass is 275 g/mol. The third kappa shape index (κ3) is 3.12. The van der Waals surface area contributed by atoms with Gasteiger partial charge in [-0.15, -0.1) is 0 Å². The van der Waals surface area contributed by atoms with E-state index in [-0.39, 0.29) is 11.6 Å². The van der Waals surface area contributed by atoms with E-state index in [2.05, 4.69) is 22.8 Å². The predicted octanol–water partition coefficient (Wildman–Crippen LogP) is 2.32. The zero-order valence-corrected chi connectivity index (χ0v) is 12.5. The van der Waals surface area contributed by atoms with Crippen LogP contribution in [0.4, 0.5) is 4.79 Å². The van der Waals surface area contributed by atoms with Gasteiger partial charge in [0.1, 0.15) is 0 Å². The van der Waals surface area contributed by atoms with E-state index in [4.69, 9.17) is 0 Å². The third-order valence-corrected chi connectivity index (χ3v) is 4.18. The summed E-state index contributed by atoms with van der Waals surface area (Å²) in [6.07, 6.45) is 1.87. The molecule has 2 amide bonds. The van der Waals surface area contributed by atoms with Gasteiger partial charge in [-0.05, 0) is 45.3 Å². The first-order chi connectivity index (χ1) is 9.72. The molecule has 0 aromatic heterocycles. The summed E-state index contributed by atoms with van der Waals surface area (Å²) in [6.45, 7) is 7.39. The Labute approximate surface area is 121 Å². The van der Waals surface area contributed by atoms with E-state index in [9.17, 15) is 4.79 Å². The standard InChI is InChI=1S/C16H25N3O/c1-3-19(4-2)15(20)18-16(10-12-17-13-11-16)14-8-6-5-7-9-14/h5-9,17H,3-4,10-13H2,1-2H3,(H,18,20). The molecule has 1 aromatic carbocycles. The number of nitrogens with one attached hydrogen (secondary N) is 2. The Balaban J connectivity index is 2.22. The van der Waals surface area contributed by atoms with Gasteiger partial charge >= 0.3 is 6.03 Å². The normalized spacial score (nSPS) is 17.5. The van der Waals surface area contributed by atoms with Gasteiger partial charge in [-0.25, -0.2) is 4.79 Å². The molecule has 1 aliphatic rings. The van der Waals surface area contributed by atoms with Gasteiger partial charge in [0.2, 0.25) is 0 Å². The zero-order chi connectivity index (χ0) is 14.4. The number of amides is 2. The van der Waals surface area contributed by atoms with Crippen LogP contribution in [-0.4, -0.2) is 37.1 Å². The van der Waals surface area contributed by atoms with Crippen molar-refractivity contribution in [2.24, 2.45) is 0 Å². The number of hydrogen-bond acceptors (Lipinski definition) is 2. The lowest BCUT2D eigenvalue weighted by Gasteiger charge is -2.40. The first-order valence-corrected chi connectivity index (χ1v) is 7.55. The first-order valence-electron chi connectivity index (χ1n) is 7.55. The third-order valence-electron chi connectivity index (χ3n) is 4.18. The molecule has 2 rings (SSSR count). The summed E-state index contributed by atoms with van der Waals surface area (Å²) in [6, 6.07) is 10.4. The number of rotatable bonds is 4. The van der Waals surface area contributed by atoms with Crippen molar-refractivity contribution < 1.29 is 4.79 Å². The summed E-state index contributed by atoms with van der Waals surface area (Å²) in [5, 5.41) is 6.67. The highest BCUT2D eigenvalue weighted by molar-refractivity contribution is 5.75. The van der Waals surface area contributed by atoms with Crippen LogP contribution < -0.4 is 10.6 Å². The molecule has 1 saturated heterocycles. The highest BCUT2D eigenvalue weighted by Crippen LogP contribution is 2.30. The minimum Gasteiger partial charge on any atom is -0.328 e. The minimum absolute atomic E-state index is 0.0424. The van der Waals surface area contributed by atoms with Crippen molar-refractivity contribution in [3.8, 4) is 0 Å². The average Bonchev–Trinajstić information content (AvgIpc) is 2.50. The fourth-order valence-corrected chi connectivity index (χ4v) is 2.89. The van der Waals surface area contributed by atoms with Crippen LogP contribution in [-0.2, 0) is 5.54 Å². The van der Waals surface area contributed by atoms with Gasteiger partial charge in [0.15, 0.2) is 0 Å². The SMILES string of the molecule is CCN(CC)C(=O)NC1(c2ccccc2)CCNCC1. The Bertz CT molecular complexity index is 423. The van der Waals surface area contributed by atoms with Crippen molar-refractivity contribution >= 4 is 6.03 Å². The summed E-state index contributed by atoms with van der Waals surface area (Å²) >= 11 is 0. The number of carbonyl (C=O) groups is 1. The maximum Gasteiger partial charge on any atom is 0.318 e. The van der Waals surface area contributed by atoms with Crippen molar-refractivity contribution in [1.82, 2.24) is 15.5 Å². The molecule has 110 valence electrons. The highest BCUT2D eigenvalue weighted by Gasteiger charge is 2.36. The number of piperidine rings is 1. The molecule has 0 bridgehead atoms. The van der Waals surface area contributed by atoms with Crippen molar-refractivity contribution in [2.75, 3.05) is 26.2 Å². The molecule has 2 N–H and O–H groups in total. The van der Waals surface area contributed by atoms with Crippen LogP contribution in [0.1, 0.15) is 32.3 Å². The largest absolute Gasteiger partial charge is 0.328 e. The van der Waals surface area contributed by atoms with E-state index in [1.165, 1.54) is 5.56 Å². The number of carbonyl (C=O) groups excluding carboxylic acids is 1. The Hall–Kier alpha value is -1.55. The van der Waals surface area contributed by atoms with Gasteiger partial charge in [0.25, 0.3) is 0 Å². The van der Waals surface area contributed by atoms with Crippen LogP contribution in [0.15, 0.2) is 30.3 Å². The van der Waals surface area contributed by atoms with Crippen LogP contribution in [0.2, 0.25) is 0 Å². The Morgan fingerprint density at radius 1 is 1.20 bits per heavy atom. The molecule has 0 radical (unpaired) electrons. The molecular weight excluding hydrogens is 250 g/mol. The van der Waals surface area contributed by atoms with Crippen molar-refractivity contribution in [3.05, 3.63) is 35.9 Å². The molecule has 0 atom stereocenters. The maximum atomic E-state index is 12.4. The Kier molecular flexibility index (Phi) is 5.01. The van der Waals surface area contributed by atoms with Gasteiger partial charge in [-0.3, -0.25) is 0 Å². The van der Waals surface area contributed by atoms with E-state index < -0.39 is 0 Å². The molecule has 1 aliphatic heterocycles. The quantitative estimate of drug-likeness (QED) is 0.885. The molecule has 1 fully saturated rings. The number of hydrogen-bond donors (Lipinski definition) is 2. The second kappa shape index (κ2) is 6.75. The van der Waals surface area contributed by atoms with Gasteiger partial charge in [0, 0.05) is 13.1 Å². The molecule has 0 aliphatic carbocycles. The van der Waals surface area contributed by atoms with E-state index in [1.807, 2.05) is 36.9 Å². The average molecular weight is 275 g/mol. The second-order valence-corrected chi connectivity index (χ2v) is 5.30. The fraction of sp³-hybridized carbons (Fsp3) is 0.562. The predicted molar refractivity (Wildman–Crippen MR) is 81.7 cm³/mol. The van der Waals surface area contributed by atoms with E-state index in [1.54, 1.807) is 0 Å². The summed E-state index contributed by atoms with van der Waals surface area (Å²) in [4.78, 5) is 14.3. The molecule has 1 aromatic rings. The Morgan fingerprint density at radius 2 is 1.80 bits per heavy atom. The number of urea groups is 1. The molecule has 0 spiro atoms. The maximum absolute atomic E-state index is 12.4. The zero-order valence-electron chi connectivity index (χ0n) is 12.5. The molecule has 4 heteroatoms. The van der Waals surface area contributed by atoms with Crippen LogP contribution in [0.3, 0.4) is 0 Å². The van der Waals surface area contributed by atoms with Gasteiger partial charge in [-0.1, -0.05) is 30.3 Å². The summed E-state index contributed by atoms with van der Waals surface area (Å²) in [5.41, 5.74) is 0.980. The summed E-state index contributed by atoms with van der Waals surface area (Å²) in [7, 11) is 0. The number of benzene rings is 1. The molecule has 4 nitrogen and oxygen atoms in total.